The first-order chi connectivity index (χ1) is 11.7. The number of amides is 1. The van der Waals surface area contributed by atoms with Gasteiger partial charge in [-0.25, -0.2) is 0 Å². The lowest BCUT2D eigenvalue weighted by atomic mass is 9.99. The number of carbonyl (C=O) groups is 1. The van der Waals surface area contributed by atoms with E-state index in [4.69, 9.17) is 10.5 Å². The van der Waals surface area contributed by atoms with Crippen LogP contribution in [0.4, 0.5) is 5.69 Å². The molecule has 1 saturated carbocycles. The van der Waals surface area contributed by atoms with E-state index >= 15 is 0 Å². The van der Waals surface area contributed by atoms with Crippen molar-refractivity contribution in [2.24, 2.45) is 17.6 Å². The number of methoxy groups -OCH3 is 1. The molecule has 148 valence electrons. The van der Waals surface area contributed by atoms with Crippen LogP contribution in [0.15, 0.2) is 24.3 Å². The highest BCUT2D eigenvalue weighted by Gasteiger charge is 2.28. The summed E-state index contributed by atoms with van der Waals surface area (Å²) in [4.78, 5) is 14.5. The number of para-hydroxylation sites is 2. The fourth-order valence-electron chi connectivity index (χ4n) is 4.00. The second-order valence-electron chi connectivity index (χ2n) is 7.14. The summed E-state index contributed by atoms with van der Waals surface area (Å²) in [5.41, 5.74) is 7.20. The van der Waals surface area contributed by atoms with Crippen LogP contribution in [-0.2, 0) is 4.79 Å². The second-order valence-corrected chi connectivity index (χ2v) is 7.14. The van der Waals surface area contributed by atoms with Gasteiger partial charge < -0.3 is 20.7 Å². The van der Waals surface area contributed by atoms with E-state index in [1.807, 2.05) is 18.2 Å². The molecule has 1 aliphatic heterocycles. The first-order valence-electron chi connectivity index (χ1n) is 9.07. The zero-order valence-electron chi connectivity index (χ0n) is 15.4. The molecule has 3 N–H and O–H groups in total. The molecule has 2 aliphatic rings. The molecule has 0 bridgehead atoms. The van der Waals surface area contributed by atoms with Crippen LogP contribution >= 0.6 is 24.8 Å². The molecule has 1 heterocycles. The van der Waals surface area contributed by atoms with Gasteiger partial charge in [-0.3, -0.25) is 4.79 Å². The van der Waals surface area contributed by atoms with Gasteiger partial charge in [0, 0.05) is 32.1 Å². The molecule has 1 amide bonds. The quantitative estimate of drug-likeness (QED) is 0.765. The molecule has 26 heavy (non-hydrogen) atoms. The molecular formula is C19H31Cl2N3O2. The number of nitrogens with two attached hydrogens (primary N) is 1. The Labute approximate surface area is 168 Å². The SMILES string of the molecule is COc1ccccc1N1CCC(CNC(=O)C[C@@H]2CCC[C@H]2N)C1.Cl.Cl. The normalized spacial score (nSPS) is 24.5. The maximum Gasteiger partial charge on any atom is 0.220 e. The lowest BCUT2D eigenvalue weighted by Gasteiger charge is -2.21. The zero-order chi connectivity index (χ0) is 16.9. The van der Waals surface area contributed by atoms with Crippen LogP contribution in [0.3, 0.4) is 0 Å². The minimum Gasteiger partial charge on any atom is -0.495 e. The first-order valence-corrected chi connectivity index (χ1v) is 9.07. The average Bonchev–Trinajstić information content (AvgIpc) is 3.22. The maximum atomic E-state index is 12.2. The Morgan fingerprint density at radius 1 is 1.27 bits per heavy atom. The van der Waals surface area contributed by atoms with E-state index < -0.39 is 0 Å². The monoisotopic (exact) mass is 403 g/mol. The zero-order valence-corrected chi connectivity index (χ0v) is 17.0. The molecule has 0 radical (unpaired) electrons. The van der Waals surface area contributed by atoms with Gasteiger partial charge in [-0.15, -0.1) is 24.8 Å². The summed E-state index contributed by atoms with van der Waals surface area (Å²) in [6.07, 6.45) is 5.01. The van der Waals surface area contributed by atoms with E-state index in [0.717, 1.165) is 56.8 Å². The number of carbonyl (C=O) groups excluding carboxylic acids is 1. The third-order valence-corrected chi connectivity index (χ3v) is 5.47. The molecule has 5 nitrogen and oxygen atoms in total. The third kappa shape index (κ3) is 5.66. The van der Waals surface area contributed by atoms with Crippen LogP contribution in [0.25, 0.3) is 0 Å². The van der Waals surface area contributed by atoms with E-state index in [2.05, 4.69) is 16.3 Å². The topological polar surface area (TPSA) is 67.6 Å². The molecule has 1 aromatic carbocycles. The Bertz CT molecular complexity index is 573. The van der Waals surface area contributed by atoms with Crippen molar-refractivity contribution >= 4 is 36.4 Å². The predicted molar refractivity (Wildman–Crippen MR) is 111 cm³/mol. The third-order valence-electron chi connectivity index (χ3n) is 5.47. The lowest BCUT2D eigenvalue weighted by Crippen LogP contribution is -2.34. The number of halogens is 2. The van der Waals surface area contributed by atoms with E-state index in [0.29, 0.717) is 18.3 Å². The first kappa shape index (κ1) is 22.9. The Balaban J connectivity index is 0.00000169. The van der Waals surface area contributed by atoms with Crippen LogP contribution < -0.4 is 20.7 Å². The van der Waals surface area contributed by atoms with E-state index in [9.17, 15) is 4.79 Å². The Hall–Kier alpha value is -1.17. The molecule has 3 rings (SSSR count). The smallest absolute Gasteiger partial charge is 0.220 e. The molecule has 1 aromatic rings. The summed E-state index contributed by atoms with van der Waals surface area (Å²) in [5, 5.41) is 3.12. The number of anilines is 1. The van der Waals surface area contributed by atoms with Crippen LogP contribution in [-0.4, -0.2) is 38.7 Å². The molecule has 1 saturated heterocycles. The summed E-state index contributed by atoms with van der Waals surface area (Å²) >= 11 is 0. The highest BCUT2D eigenvalue weighted by atomic mass is 35.5. The van der Waals surface area contributed by atoms with E-state index in [1.54, 1.807) is 7.11 Å². The van der Waals surface area contributed by atoms with Crippen LogP contribution in [0.1, 0.15) is 32.1 Å². The molecule has 1 unspecified atom stereocenters. The van der Waals surface area contributed by atoms with Crippen molar-refractivity contribution in [2.75, 3.05) is 31.6 Å². The van der Waals surface area contributed by atoms with Crippen LogP contribution in [0, 0.1) is 11.8 Å². The maximum absolute atomic E-state index is 12.2. The highest BCUT2D eigenvalue weighted by molar-refractivity contribution is 5.85. The Morgan fingerprint density at radius 3 is 2.73 bits per heavy atom. The summed E-state index contributed by atoms with van der Waals surface area (Å²) in [5.74, 6) is 1.94. The van der Waals surface area contributed by atoms with Crippen molar-refractivity contribution in [2.45, 2.75) is 38.1 Å². The average molecular weight is 404 g/mol. The fourth-order valence-corrected chi connectivity index (χ4v) is 4.00. The summed E-state index contributed by atoms with van der Waals surface area (Å²) in [7, 11) is 1.71. The molecule has 1 aliphatic carbocycles. The Kier molecular flexibility index (Phi) is 9.55. The standard InChI is InChI=1S/C19H29N3O2.2ClH/c1-24-18-8-3-2-7-17(18)22-10-9-14(13-22)12-21-19(23)11-15-5-4-6-16(15)20;;/h2-3,7-8,14-16H,4-6,9-13,20H2,1H3,(H,21,23);2*1H/t14?,15-,16+;;/m0../s1. The highest BCUT2D eigenvalue weighted by Crippen LogP contribution is 2.32. The lowest BCUT2D eigenvalue weighted by molar-refractivity contribution is -0.122. The fraction of sp³-hybridized carbons (Fsp3) is 0.632. The predicted octanol–water partition coefficient (Wildman–Crippen LogP) is 3.00. The number of nitrogens with one attached hydrogen (secondary N) is 1. The summed E-state index contributed by atoms with van der Waals surface area (Å²) in [6.45, 7) is 2.73. The molecular weight excluding hydrogens is 373 g/mol. The minimum atomic E-state index is 0. The van der Waals surface area contributed by atoms with Gasteiger partial charge in [0.15, 0.2) is 0 Å². The Morgan fingerprint density at radius 2 is 2.04 bits per heavy atom. The molecule has 7 heteroatoms. The van der Waals surface area contributed by atoms with Crippen molar-refractivity contribution < 1.29 is 9.53 Å². The molecule has 2 fully saturated rings. The number of rotatable bonds is 6. The van der Waals surface area contributed by atoms with Gasteiger partial charge in [-0.1, -0.05) is 18.6 Å². The number of nitrogens with zero attached hydrogens (tertiary/aromatic N) is 1. The van der Waals surface area contributed by atoms with Gasteiger partial charge >= 0.3 is 0 Å². The van der Waals surface area contributed by atoms with Crippen LogP contribution in [0.2, 0.25) is 0 Å². The van der Waals surface area contributed by atoms with Gasteiger partial charge in [0.05, 0.1) is 12.8 Å². The van der Waals surface area contributed by atoms with E-state index in [-0.39, 0.29) is 36.8 Å². The number of hydrogen-bond donors (Lipinski definition) is 2. The van der Waals surface area contributed by atoms with Crippen molar-refractivity contribution in [3.8, 4) is 5.75 Å². The van der Waals surface area contributed by atoms with Crippen molar-refractivity contribution in [1.29, 1.82) is 0 Å². The van der Waals surface area contributed by atoms with Crippen molar-refractivity contribution in [1.82, 2.24) is 5.32 Å². The molecule has 0 spiro atoms. The summed E-state index contributed by atoms with van der Waals surface area (Å²) < 4.78 is 5.45. The number of benzene rings is 1. The summed E-state index contributed by atoms with van der Waals surface area (Å²) in [6, 6.07) is 8.33. The largest absolute Gasteiger partial charge is 0.495 e. The van der Waals surface area contributed by atoms with Gasteiger partial charge in [0.25, 0.3) is 0 Å². The van der Waals surface area contributed by atoms with Gasteiger partial charge in [0.1, 0.15) is 5.75 Å². The minimum absolute atomic E-state index is 0. The van der Waals surface area contributed by atoms with Crippen molar-refractivity contribution in [3.05, 3.63) is 24.3 Å². The van der Waals surface area contributed by atoms with Gasteiger partial charge in [-0.2, -0.15) is 0 Å². The van der Waals surface area contributed by atoms with Gasteiger partial charge in [0.2, 0.25) is 5.91 Å². The second kappa shape index (κ2) is 10.9. The number of ether oxygens (including phenoxy) is 1. The van der Waals surface area contributed by atoms with Gasteiger partial charge in [-0.05, 0) is 43.2 Å². The molecule has 3 atom stereocenters. The van der Waals surface area contributed by atoms with Crippen molar-refractivity contribution in [3.63, 3.8) is 0 Å². The van der Waals surface area contributed by atoms with Crippen LogP contribution in [0.5, 0.6) is 5.75 Å². The van der Waals surface area contributed by atoms with E-state index in [1.165, 1.54) is 0 Å². The molecule has 0 aromatic heterocycles. The number of hydrogen-bond acceptors (Lipinski definition) is 4.